The Labute approximate surface area is 813 Å². The Bertz CT molecular complexity index is 9650. The lowest BCUT2D eigenvalue weighted by atomic mass is 9.93. The number of thiophene rings is 1. The number of fused-ring (bicyclic) bond motifs is 21. The van der Waals surface area contributed by atoms with Crippen LogP contribution in [0.1, 0.15) is 0 Å². The molecule has 0 N–H and O–H groups in total. The molecule has 0 aliphatic rings. The van der Waals surface area contributed by atoms with Crippen LogP contribution in [-0.4, -0.2) is 0 Å². The predicted octanol–water partition coefficient (Wildman–Crippen LogP) is 39.2. The molecule has 0 saturated carbocycles. The summed E-state index contributed by atoms with van der Waals surface area (Å²) in [6.07, 6.45) is 0. The van der Waals surface area contributed by atoms with E-state index in [4.69, 9.17) is 8.83 Å². The minimum absolute atomic E-state index is 0.907. The van der Waals surface area contributed by atoms with Crippen molar-refractivity contribution in [3.8, 4) is 55.6 Å². The van der Waals surface area contributed by atoms with Crippen LogP contribution in [0.25, 0.3) is 206 Å². The standard InChI is InChI=1S/C46H29NO.C46H31NS.C42H27NO/c1-2-16-34-30(12-1)13-10-24-44(34)47(33-26-27-40-38-19-4-3-17-36(38)37-18-5-6-20-39(37)43(40)29-33)32-15-9-14-31(28-32)35-22-11-23-42-41-21-7-8-25-45(41)48-46(35)42;1-2-11-32(12-3-1)33-23-25-34(26-24-33)35-27-29-38(30-28-35)47(44-21-9-14-36-13-4-5-17-40(36)44)39-16-8-15-37(31-39)41-19-10-20-43-42-18-6-7-22-45(42)48-46(41)43;1-2-12-29-25-33(24-23-28(29)11-1)43(40-27-31-13-3-4-16-34(31)36-17-5-6-18-37(36)40)32-15-9-14-30(26-32)35-20-10-21-39-38-19-7-8-22-41(38)44-42(35)39/h1-29H;1-31H;1-27H. The Morgan fingerprint density at radius 3 is 1.04 bits per heavy atom. The first-order valence-electron chi connectivity index (χ1n) is 47.8. The van der Waals surface area contributed by atoms with Crippen LogP contribution in [0.4, 0.5) is 51.2 Å². The molecule has 6 heteroatoms. The van der Waals surface area contributed by atoms with Crippen LogP contribution in [0.3, 0.4) is 0 Å². The minimum Gasteiger partial charge on any atom is -0.455 e. The van der Waals surface area contributed by atoms with Crippen LogP contribution in [0, 0.1) is 0 Å². The molecule has 0 amide bonds. The zero-order valence-electron chi connectivity index (χ0n) is 76.3. The predicted molar refractivity (Wildman–Crippen MR) is 598 cm³/mol. The van der Waals surface area contributed by atoms with E-state index in [0.717, 1.165) is 117 Å². The molecule has 3 aromatic heterocycles. The molecule has 3 heterocycles. The molecule has 0 bridgehead atoms. The zero-order valence-corrected chi connectivity index (χ0v) is 77.1. The van der Waals surface area contributed by atoms with Gasteiger partial charge in [-0.3, -0.25) is 0 Å². The van der Waals surface area contributed by atoms with Crippen molar-refractivity contribution < 1.29 is 8.83 Å². The van der Waals surface area contributed by atoms with Crippen LogP contribution in [0.2, 0.25) is 0 Å². The van der Waals surface area contributed by atoms with Gasteiger partial charge < -0.3 is 23.5 Å². The average molecular weight is 1800 g/mol. The lowest BCUT2D eigenvalue weighted by molar-refractivity contribution is 0.669. The molecule has 28 rings (SSSR count). The molecule has 0 atom stereocenters. The number of furan rings is 2. The fourth-order valence-corrected chi connectivity index (χ4v) is 22.5. The number of rotatable bonds is 14. The monoisotopic (exact) mass is 1800 g/mol. The summed E-state index contributed by atoms with van der Waals surface area (Å²) in [7, 11) is 0. The average Bonchev–Trinajstić information content (AvgIpc) is 1.18. The largest absolute Gasteiger partial charge is 0.455 e. The Morgan fingerprint density at radius 1 is 0.150 bits per heavy atom. The Hall–Kier alpha value is -18.2. The highest BCUT2D eigenvalue weighted by Gasteiger charge is 2.25. The Balaban J connectivity index is 0.000000108. The SMILES string of the molecule is c1cc(-c2cccc3c2oc2ccccc23)cc(N(c2ccc3c4ccccc4c4ccccc4c3c2)c2cccc3ccccc23)c1.c1cc(-c2cccc3c2oc2ccccc23)cc(N(c2ccc3ccccc3c2)c2cc3ccccc3c3ccccc23)c1.c1ccc(-c2ccc(-c3ccc(N(c4cccc(-c5cccc6c5sc5ccccc56)c4)c4cccc5ccccc45)cc3)cc2)cc1. The highest BCUT2D eigenvalue weighted by Crippen LogP contribution is 2.51. The van der Waals surface area contributed by atoms with E-state index in [1.165, 1.54) is 140 Å². The van der Waals surface area contributed by atoms with Crippen LogP contribution in [0.5, 0.6) is 0 Å². The highest BCUT2D eigenvalue weighted by atomic mass is 32.1. The number of nitrogens with zero attached hydrogens (tertiary/aromatic N) is 3. The molecule has 0 aliphatic carbocycles. The molecule has 28 aromatic rings. The first kappa shape index (κ1) is 82.5. The van der Waals surface area contributed by atoms with E-state index in [1.54, 1.807) is 0 Å². The van der Waals surface area contributed by atoms with Crippen LogP contribution >= 0.6 is 11.3 Å². The topological polar surface area (TPSA) is 36.0 Å². The fourth-order valence-electron chi connectivity index (χ4n) is 21.3. The first-order chi connectivity index (χ1) is 69.4. The van der Waals surface area contributed by atoms with Crippen LogP contribution in [0.15, 0.2) is 537 Å². The Kier molecular flexibility index (Phi) is 20.8. The van der Waals surface area contributed by atoms with Crippen molar-refractivity contribution in [2.24, 2.45) is 0 Å². The van der Waals surface area contributed by atoms with Crippen molar-refractivity contribution in [2.75, 3.05) is 14.7 Å². The number of hydrogen-bond donors (Lipinski definition) is 0. The smallest absolute Gasteiger partial charge is 0.143 e. The number of hydrogen-bond acceptors (Lipinski definition) is 6. The Morgan fingerprint density at radius 2 is 0.486 bits per heavy atom. The second-order valence-electron chi connectivity index (χ2n) is 36.0. The van der Waals surface area contributed by atoms with Gasteiger partial charge in [0.1, 0.15) is 22.3 Å². The third-order valence-corrected chi connectivity index (χ3v) is 29.1. The molecule has 656 valence electrons. The van der Waals surface area contributed by atoms with Gasteiger partial charge in [0, 0.05) is 103 Å². The maximum atomic E-state index is 6.48. The summed E-state index contributed by atoms with van der Waals surface area (Å²) in [6.45, 7) is 0. The van der Waals surface area contributed by atoms with Crippen molar-refractivity contribution in [1.29, 1.82) is 0 Å². The highest BCUT2D eigenvalue weighted by molar-refractivity contribution is 7.26. The number of anilines is 9. The molecule has 0 saturated heterocycles. The second-order valence-corrected chi connectivity index (χ2v) is 37.1. The molecular weight excluding hydrogens is 1720 g/mol. The van der Waals surface area contributed by atoms with Gasteiger partial charge in [-0.05, 0) is 224 Å². The molecule has 0 spiro atoms. The first-order valence-corrected chi connectivity index (χ1v) is 48.6. The molecule has 25 aromatic carbocycles. The van der Waals surface area contributed by atoms with Gasteiger partial charge in [0.15, 0.2) is 0 Å². The summed E-state index contributed by atoms with van der Waals surface area (Å²) in [5.41, 5.74) is 25.5. The van der Waals surface area contributed by atoms with Gasteiger partial charge in [0.05, 0.1) is 17.1 Å². The lowest BCUT2D eigenvalue weighted by Crippen LogP contribution is -2.11. The van der Waals surface area contributed by atoms with Gasteiger partial charge in [-0.1, -0.05) is 419 Å². The molecular formula is C134H87N3O2S. The van der Waals surface area contributed by atoms with Crippen molar-refractivity contribution in [3.63, 3.8) is 0 Å². The van der Waals surface area contributed by atoms with Gasteiger partial charge in [-0.2, -0.15) is 0 Å². The van der Waals surface area contributed by atoms with E-state index in [1.807, 2.05) is 35.6 Å². The van der Waals surface area contributed by atoms with Gasteiger partial charge >= 0.3 is 0 Å². The summed E-state index contributed by atoms with van der Waals surface area (Å²) in [5.74, 6) is 0. The fraction of sp³-hybridized carbons (Fsp3) is 0. The van der Waals surface area contributed by atoms with Crippen molar-refractivity contribution >= 4 is 213 Å². The van der Waals surface area contributed by atoms with Gasteiger partial charge in [-0.15, -0.1) is 11.3 Å². The summed E-state index contributed by atoms with van der Waals surface area (Å²) in [5, 5.41) is 27.0. The molecule has 0 aliphatic heterocycles. The van der Waals surface area contributed by atoms with E-state index in [2.05, 4.69) is 518 Å². The van der Waals surface area contributed by atoms with Crippen LogP contribution < -0.4 is 14.7 Å². The van der Waals surface area contributed by atoms with Crippen LogP contribution in [-0.2, 0) is 0 Å². The number of para-hydroxylation sites is 4. The van der Waals surface area contributed by atoms with Gasteiger partial charge in [0.25, 0.3) is 0 Å². The number of benzene rings is 25. The summed E-state index contributed by atoms with van der Waals surface area (Å²) < 4.78 is 15.6. The molecule has 0 radical (unpaired) electrons. The van der Waals surface area contributed by atoms with Crippen molar-refractivity contribution in [1.82, 2.24) is 0 Å². The zero-order chi connectivity index (χ0) is 92.5. The normalized spacial score (nSPS) is 11.6. The van der Waals surface area contributed by atoms with Gasteiger partial charge in [0.2, 0.25) is 0 Å². The molecule has 140 heavy (non-hydrogen) atoms. The second kappa shape index (κ2) is 35.2. The summed E-state index contributed by atoms with van der Waals surface area (Å²) in [4.78, 5) is 7.22. The van der Waals surface area contributed by atoms with Gasteiger partial charge in [-0.25, -0.2) is 0 Å². The van der Waals surface area contributed by atoms with E-state index in [-0.39, 0.29) is 0 Å². The summed E-state index contributed by atoms with van der Waals surface area (Å²) >= 11 is 1.88. The maximum absolute atomic E-state index is 6.48. The molecule has 0 fully saturated rings. The van der Waals surface area contributed by atoms with E-state index < -0.39 is 0 Å². The van der Waals surface area contributed by atoms with E-state index >= 15 is 0 Å². The van der Waals surface area contributed by atoms with Crippen molar-refractivity contribution in [3.05, 3.63) is 528 Å². The van der Waals surface area contributed by atoms with E-state index in [9.17, 15) is 0 Å². The van der Waals surface area contributed by atoms with Crippen molar-refractivity contribution in [2.45, 2.75) is 0 Å². The molecule has 0 unspecified atom stereocenters. The lowest BCUT2D eigenvalue weighted by Gasteiger charge is -2.28. The third kappa shape index (κ3) is 14.8. The van der Waals surface area contributed by atoms with E-state index in [0.29, 0.717) is 0 Å². The third-order valence-electron chi connectivity index (χ3n) is 27.9. The summed E-state index contributed by atoms with van der Waals surface area (Å²) in [6, 6.07) is 190. The minimum atomic E-state index is 0.907. The molecule has 5 nitrogen and oxygen atoms in total. The quantitative estimate of drug-likeness (QED) is 0.101. The maximum Gasteiger partial charge on any atom is 0.143 e.